The summed E-state index contributed by atoms with van der Waals surface area (Å²) >= 11 is 0. The van der Waals surface area contributed by atoms with Crippen molar-refractivity contribution in [2.75, 3.05) is 6.61 Å². The zero-order chi connectivity index (χ0) is 17.8. The van der Waals surface area contributed by atoms with Crippen molar-refractivity contribution in [1.82, 2.24) is 20.4 Å². The highest BCUT2D eigenvalue weighted by atomic mass is 16.5. The fraction of sp³-hybridized carbons (Fsp3) is 0.474. The van der Waals surface area contributed by atoms with Gasteiger partial charge in [-0.3, -0.25) is 4.68 Å². The van der Waals surface area contributed by atoms with Gasteiger partial charge in [-0.2, -0.15) is 5.10 Å². The highest BCUT2D eigenvalue weighted by Gasteiger charge is 2.21. The average Bonchev–Trinajstić information content (AvgIpc) is 2.77. The van der Waals surface area contributed by atoms with E-state index >= 15 is 0 Å². The van der Waals surface area contributed by atoms with Crippen molar-refractivity contribution in [3.8, 4) is 5.75 Å². The Balaban J connectivity index is 1.64. The van der Waals surface area contributed by atoms with Crippen LogP contribution in [0.4, 0.5) is 4.79 Å². The minimum absolute atomic E-state index is 0.0285. The van der Waals surface area contributed by atoms with Gasteiger partial charge in [0.2, 0.25) is 0 Å². The Morgan fingerprint density at radius 1 is 1.36 bits per heavy atom. The summed E-state index contributed by atoms with van der Waals surface area (Å²) in [6.45, 7) is 8.08. The molecular formula is C19H26N4O2. The molecule has 0 bridgehead atoms. The summed E-state index contributed by atoms with van der Waals surface area (Å²) in [5.74, 6) is 0.862. The molecular weight excluding hydrogens is 316 g/mol. The number of para-hydroxylation sites is 1. The van der Waals surface area contributed by atoms with Gasteiger partial charge < -0.3 is 15.4 Å². The first-order valence-electron chi connectivity index (χ1n) is 8.89. The number of ether oxygens (including phenoxy) is 1. The number of hydrogen-bond acceptors (Lipinski definition) is 3. The molecule has 6 nitrogen and oxygen atoms in total. The molecule has 1 aliphatic rings. The second-order valence-corrected chi connectivity index (χ2v) is 6.37. The second-order valence-electron chi connectivity index (χ2n) is 6.37. The first kappa shape index (κ1) is 17.3. The van der Waals surface area contributed by atoms with Gasteiger partial charge in [-0.15, -0.1) is 0 Å². The maximum atomic E-state index is 12.4. The van der Waals surface area contributed by atoms with Crippen LogP contribution in [0.2, 0.25) is 0 Å². The quantitative estimate of drug-likeness (QED) is 0.896. The monoisotopic (exact) mass is 342 g/mol. The van der Waals surface area contributed by atoms with Gasteiger partial charge in [0.25, 0.3) is 0 Å². The van der Waals surface area contributed by atoms with E-state index in [1.807, 2.05) is 42.8 Å². The SMILES string of the molecule is CCn1nc(C)c(CNC(=O)NC2CCCOc3ccccc32)c1C. The van der Waals surface area contributed by atoms with E-state index < -0.39 is 0 Å². The Morgan fingerprint density at radius 3 is 2.92 bits per heavy atom. The van der Waals surface area contributed by atoms with Crippen LogP contribution in [0.1, 0.15) is 48.3 Å². The first-order valence-corrected chi connectivity index (χ1v) is 8.89. The number of aromatic nitrogens is 2. The standard InChI is InChI=1S/C19H26N4O2/c1-4-23-14(3)16(13(2)22-23)12-20-19(24)21-17-9-7-11-25-18-10-6-5-8-15(17)18/h5-6,8,10,17H,4,7,9,11-12H2,1-3H3,(H2,20,21,24). The maximum absolute atomic E-state index is 12.4. The van der Waals surface area contributed by atoms with Crippen molar-refractivity contribution in [3.05, 3.63) is 46.8 Å². The van der Waals surface area contributed by atoms with E-state index in [2.05, 4.69) is 22.7 Å². The van der Waals surface area contributed by atoms with Crippen molar-refractivity contribution in [2.45, 2.75) is 52.7 Å². The number of carbonyl (C=O) groups is 1. The number of aryl methyl sites for hydroxylation is 2. The molecule has 1 aromatic carbocycles. The zero-order valence-electron chi connectivity index (χ0n) is 15.1. The number of fused-ring (bicyclic) bond motifs is 1. The summed E-state index contributed by atoms with van der Waals surface area (Å²) in [4.78, 5) is 12.4. The Kier molecular flexibility index (Phi) is 5.26. The molecule has 0 radical (unpaired) electrons. The normalized spacial score (nSPS) is 16.5. The molecule has 0 saturated heterocycles. The van der Waals surface area contributed by atoms with E-state index in [1.165, 1.54) is 0 Å². The molecule has 1 aliphatic heterocycles. The van der Waals surface area contributed by atoms with E-state index in [1.54, 1.807) is 0 Å². The van der Waals surface area contributed by atoms with Crippen molar-refractivity contribution < 1.29 is 9.53 Å². The smallest absolute Gasteiger partial charge is 0.315 e. The van der Waals surface area contributed by atoms with Gasteiger partial charge in [0.15, 0.2) is 0 Å². The van der Waals surface area contributed by atoms with Gasteiger partial charge in [-0.05, 0) is 39.7 Å². The molecule has 134 valence electrons. The topological polar surface area (TPSA) is 68.2 Å². The largest absolute Gasteiger partial charge is 0.493 e. The van der Waals surface area contributed by atoms with Crippen LogP contribution in [-0.4, -0.2) is 22.4 Å². The summed E-state index contributed by atoms with van der Waals surface area (Å²) in [5, 5.41) is 10.6. The lowest BCUT2D eigenvalue weighted by atomic mass is 10.0. The highest BCUT2D eigenvalue weighted by molar-refractivity contribution is 5.74. The maximum Gasteiger partial charge on any atom is 0.315 e. The number of carbonyl (C=O) groups excluding carboxylic acids is 1. The lowest BCUT2D eigenvalue weighted by Gasteiger charge is -2.18. The van der Waals surface area contributed by atoms with Crippen LogP contribution >= 0.6 is 0 Å². The molecule has 2 heterocycles. The van der Waals surface area contributed by atoms with Crippen LogP contribution in [0.25, 0.3) is 0 Å². The predicted octanol–water partition coefficient (Wildman–Crippen LogP) is 3.23. The minimum Gasteiger partial charge on any atom is -0.493 e. The number of amides is 2. The molecule has 2 aromatic rings. The number of nitrogens with zero attached hydrogens (tertiary/aromatic N) is 2. The van der Waals surface area contributed by atoms with Gasteiger partial charge in [-0.1, -0.05) is 18.2 Å². The molecule has 3 rings (SSSR count). The Bertz CT molecular complexity index is 754. The summed E-state index contributed by atoms with van der Waals surface area (Å²) in [7, 11) is 0. The molecule has 0 saturated carbocycles. The number of rotatable bonds is 4. The summed E-state index contributed by atoms with van der Waals surface area (Å²) in [6.07, 6.45) is 1.79. The van der Waals surface area contributed by atoms with E-state index in [4.69, 9.17) is 4.74 Å². The van der Waals surface area contributed by atoms with E-state index in [0.717, 1.165) is 47.7 Å². The molecule has 1 atom stereocenters. The summed E-state index contributed by atoms with van der Waals surface area (Å²) < 4.78 is 7.71. The van der Waals surface area contributed by atoms with Crippen molar-refractivity contribution >= 4 is 6.03 Å². The van der Waals surface area contributed by atoms with Crippen LogP contribution in [0, 0.1) is 13.8 Å². The Morgan fingerprint density at radius 2 is 2.16 bits per heavy atom. The number of urea groups is 1. The molecule has 0 aliphatic carbocycles. The molecule has 2 amide bonds. The van der Waals surface area contributed by atoms with E-state index in [0.29, 0.717) is 13.2 Å². The van der Waals surface area contributed by atoms with Crippen LogP contribution in [0.3, 0.4) is 0 Å². The molecule has 2 N–H and O–H groups in total. The first-order chi connectivity index (χ1) is 12.1. The molecule has 25 heavy (non-hydrogen) atoms. The van der Waals surface area contributed by atoms with Gasteiger partial charge in [0, 0.05) is 29.9 Å². The second kappa shape index (κ2) is 7.59. The average molecular weight is 342 g/mol. The van der Waals surface area contributed by atoms with E-state index in [-0.39, 0.29) is 12.1 Å². The molecule has 0 fully saturated rings. The minimum atomic E-state index is -0.162. The van der Waals surface area contributed by atoms with Crippen LogP contribution < -0.4 is 15.4 Å². The lowest BCUT2D eigenvalue weighted by Crippen LogP contribution is -2.37. The van der Waals surface area contributed by atoms with Crippen LogP contribution in [0.5, 0.6) is 5.75 Å². The number of nitrogens with one attached hydrogen (secondary N) is 2. The van der Waals surface area contributed by atoms with Crippen molar-refractivity contribution in [1.29, 1.82) is 0 Å². The lowest BCUT2D eigenvalue weighted by molar-refractivity contribution is 0.235. The molecule has 1 aromatic heterocycles. The fourth-order valence-electron chi connectivity index (χ4n) is 3.35. The van der Waals surface area contributed by atoms with Crippen molar-refractivity contribution in [2.24, 2.45) is 0 Å². The zero-order valence-corrected chi connectivity index (χ0v) is 15.1. The van der Waals surface area contributed by atoms with Gasteiger partial charge in [-0.25, -0.2) is 4.79 Å². The van der Waals surface area contributed by atoms with Crippen LogP contribution in [0.15, 0.2) is 24.3 Å². The fourth-order valence-corrected chi connectivity index (χ4v) is 3.35. The summed E-state index contributed by atoms with van der Waals surface area (Å²) in [6, 6.07) is 7.72. The molecule has 0 spiro atoms. The van der Waals surface area contributed by atoms with E-state index in [9.17, 15) is 4.79 Å². The number of benzene rings is 1. The Labute approximate surface area is 148 Å². The Hall–Kier alpha value is -2.50. The molecule has 6 heteroatoms. The number of hydrogen-bond donors (Lipinski definition) is 2. The third-order valence-corrected chi connectivity index (χ3v) is 4.75. The summed E-state index contributed by atoms with van der Waals surface area (Å²) in [5.41, 5.74) is 4.20. The third-order valence-electron chi connectivity index (χ3n) is 4.75. The third kappa shape index (κ3) is 3.78. The van der Waals surface area contributed by atoms with Gasteiger partial charge in [0.1, 0.15) is 5.75 Å². The van der Waals surface area contributed by atoms with Crippen LogP contribution in [-0.2, 0) is 13.1 Å². The van der Waals surface area contributed by atoms with Crippen molar-refractivity contribution in [3.63, 3.8) is 0 Å². The van der Waals surface area contributed by atoms with Gasteiger partial charge >= 0.3 is 6.03 Å². The highest BCUT2D eigenvalue weighted by Crippen LogP contribution is 2.31. The van der Waals surface area contributed by atoms with Gasteiger partial charge in [0.05, 0.1) is 18.3 Å². The molecule has 1 unspecified atom stereocenters. The predicted molar refractivity (Wildman–Crippen MR) is 96.7 cm³/mol.